The quantitative estimate of drug-likeness (QED) is 0.739. The molecular formula is C17H17F5N2O2. The summed E-state index contributed by atoms with van der Waals surface area (Å²) in [6, 6.07) is 3.29. The molecule has 1 unspecified atom stereocenters. The number of fused-ring (bicyclic) bond motifs is 2. The molecule has 1 saturated heterocycles. The number of ether oxygens (including phenoxy) is 2. The van der Waals surface area contributed by atoms with Crippen molar-refractivity contribution in [1.29, 1.82) is 0 Å². The van der Waals surface area contributed by atoms with Gasteiger partial charge in [0.05, 0.1) is 11.6 Å². The second kappa shape index (κ2) is 6.29. The van der Waals surface area contributed by atoms with Crippen molar-refractivity contribution in [2.45, 2.75) is 37.6 Å². The first kappa shape index (κ1) is 17.4. The third kappa shape index (κ3) is 3.08. The minimum absolute atomic E-state index is 0.188. The van der Waals surface area contributed by atoms with Gasteiger partial charge in [0.2, 0.25) is 5.88 Å². The van der Waals surface area contributed by atoms with Crippen LogP contribution in [0, 0.1) is 0 Å². The van der Waals surface area contributed by atoms with E-state index in [1.807, 2.05) is 5.01 Å². The van der Waals surface area contributed by atoms with Gasteiger partial charge in [-0.2, -0.15) is 13.2 Å². The molecule has 4 rings (SSSR count). The Bertz CT molecular complexity index is 722. The van der Waals surface area contributed by atoms with E-state index in [9.17, 15) is 22.0 Å². The van der Waals surface area contributed by atoms with Crippen molar-refractivity contribution in [3.63, 3.8) is 0 Å². The summed E-state index contributed by atoms with van der Waals surface area (Å²) >= 11 is 0. The summed E-state index contributed by atoms with van der Waals surface area (Å²) in [7, 11) is 0. The van der Waals surface area contributed by atoms with Gasteiger partial charge in [0.15, 0.2) is 6.10 Å². The van der Waals surface area contributed by atoms with E-state index in [2.05, 4.69) is 0 Å². The lowest BCUT2D eigenvalue weighted by molar-refractivity contribution is -0.140. The molecule has 9 heteroatoms. The van der Waals surface area contributed by atoms with Gasteiger partial charge < -0.3 is 9.47 Å². The predicted molar refractivity (Wildman–Crippen MR) is 81.4 cm³/mol. The number of hydrogen-bond donors (Lipinski definition) is 0. The molecule has 0 saturated carbocycles. The molecule has 26 heavy (non-hydrogen) atoms. The lowest BCUT2D eigenvalue weighted by atomic mass is 9.99. The fourth-order valence-electron chi connectivity index (χ4n) is 3.58. The van der Waals surface area contributed by atoms with E-state index < -0.39 is 24.3 Å². The average molecular weight is 376 g/mol. The Morgan fingerprint density at radius 1 is 1.19 bits per heavy atom. The van der Waals surface area contributed by atoms with E-state index in [0.717, 1.165) is 12.1 Å². The maximum absolute atomic E-state index is 12.9. The first-order chi connectivity index (χ1) is 12.3. The second-order valence-corrected chi connectivity index (χ2v) is 6.56. The number of halogens is 5. The summed E-state index contributed by atoms with van der Waals surface area (Å²) in [6.45, 7) is 1.15. The highest BCUT2D eigenvalue weighted by atomic mass is 19.4. The van der Waals surface area contributed by atoms with Gasteiger partial charge in [0.1, 0.15) is 12.4 Å². The van der Waals surface area contributed by atoms with Crippen molar-refractivity contribution in [3.8, 4) is 5.75 Å². The number of hydrogen-bond acceptors (Lipinski definition) is 4. The SMILES string of the molecule is FC(F)C1CCN2C(=CCN2[C@H]2COc3ccc(C(F)(F)F)cc3C2)O1. The zero-order valence-electron chi connectivity index (χ0n) is 13.7. The topological polar surface area (TPSA) is 24.9 Å². The van der Waals surface area contributed by atoms with E-state index in [1.54, 1.807) is 11.1 Å². The predicted octanol–water partition coefficient (Wildman–Crippen LogP) is 3.44. The number of hydrazine groups is 1. The molecule has 0 N–H and O–H groups in total. The standard InChI is InChI=1S/C17H17F5N2O2/c18-16(19)14-3-5-24-15(26-14)4-6-23(24)12-8-10-7-11(17(20,21)22)1-2-13(10)25-9-12/h1-2,4,7,12,14,16H,3,5-6,8-9H2/t12-,14?/m1/s1. The molecule has 3 aliphatic heterocycles. The average Bonchev–Trinajstić information content (AvgIpc) is 3.03. The van der Waals surface area contributed by atoms with Gasteiger partial charge in [-0.05, 0) is 36.3 Å². The number of nitrogens with zero attached hydrogens (tertiary/aromatic N) is 2. The molecule has 0 aromatic heterocycles. The Morgan fingerprint density at radius 3 is 2.73 bits per heavy atom. The van der Waals surface area contributed by atoms with Crippen LogP contribution >= 0.6 is 0 Å². The van der Waals surface area contributed by atoms with Gasteiger partial charge in [-0.3, -0.25) is 5.01 Å². The van der Waals surface area contributed by atoms with Gasteiger partial charge in [-0.25, -0.2) is 13.8 Å². The first-order valence-electron chi connectivity index (χ1n) is 8.35. The van der Waals surface area contributed by atoms with Crippen molar-refractivity contribution >= 4 is 0 Å². The van der Waals surface area contributed by atoms with E-state index in [4.69, 9.17) is 9.47 Å². The molecule has 1 aromatic rings. The minimum Gasteiger partial charge on any atom is -0.492 e. The highest BCUT2D eigenvalue weighted by Gasteiger charge is 2.40. The van der Waals surface area contributed by atoms with Crippen LogP contribution in [-0.4, -0.2) is 48.3 Å². The molecular weight excluding hydrogens is 359 g/mol. The van der Waals surface area contributed by atoms with Gasteiger partial charge in [-0.15, -0.1) is 0 Å². The molecule has 142 valence electrons. The number of rotatable bonds is 2. The first-order valence-corrected chi connectivity index (χ1v) is 8.35. The molecule has 0 spiro atoms. The highest BCUT2D eigenvalue weighted by Crippen LogP contribution is 2.37. The highest BCUT2D eigenvalue weighted by molar-refractivity contribution is 5.40. The number of benzene rings is 1. The molecule has 0 amide bonds. The van der Waals surface area contributed by atoms with Crippen molar-refractivity contribution in [3.05, 3.63) is 41.3 Å². The molecule has 3 heterocycles. The van der Waals surface area contributed by atoms with Crippen LogP contribution in [-0.2, 0) is 17.3 Å². The lowest BCUT2D eigenvalue weighted by Crippen LogP contribution is -2.52. The minimum atomic E-state index is -4.41. The van der Waals surface area contributed by atoms with E-state index in [0.29, 0.717) is 43.3 Å². The molecule has 4 nitrogen and oxygen atoms in total. The van der Waals surface area contributed by atoms with Crippen LogP contribution in [0.15, 0.2) is 30.2 Å². The van der Waals surface area contributed by atoms with E-state index >= 15 is 0 Å². The molecule has 1 fully saturated rings. The Kier molecular flexibility index (Phi) is 4.21. The smallest absolute Gasteiger partial charge is 0.416 e. The third-order valence-electron chi connectivity index (χ3n) is 4.89. The summed E-state index contributed by atoms with van der Waals surface area (Å²) in [5.41, 5.74) is -0.213. The van der Waals surface area contributed by atoms with Crippen LogP contribution in [0.2, 0.25) is 0 Å². The zero-order chi connectivity index (χ0) is 18.5. The summed E-state index contributed by atoms with van der Waals surface area (Å²) in [4.78, 5) is 0. The molecule has 2 atom stereocenters. The molecule has 0 bridgehead atoms. The second-order valence-electron chi connectivity index (χ2n) is 6.56. The summed E-state index contributed by atoms with van der Waals surface area (Å²) in [5, 5.41) is 3.70. The van der Waals surface area contributed by atoms with Gasteiger partial charge in [0.25, 0.3) is 6.43 Å². The lowest BCUT2D eigenvalue weighted by Gasteiger charge is -2.42. The third-order valence-corrected chi connectivity index (χ3v) is 4.89. The summed E-state index contributed by atoms with van der Waals surface area (Å²) in [6.07, 6.45) is -5.78. The monoisotopic (exact) mass is 376 g/mol. The Balaban J connectivity index is 1.48. The summed E-state index contributed by atoms with van der Waals surface area (Å²) in [5.74, 6) is 0.839. The van der Waals surface area contributed by atoms with Gasteiger partial charge >= 0.3 is 6.18 Å². The van der Waals surface area contributed by atoms with Crippen LogP contribution in [0.5, 0.6) is 5.75 Å². The summed E-state index contributed by atoms with van der Waals surface area (Å²) < 4.78 is 75.4. The van der Waals surface area contributed by atoms with Crippen LogP contribution in [0.3, 0.4) is 0 Å². The van der Waals surface area contributed by atoms with Crippen molar-refractivity contribution in [2.75, 3.05) is 19.7 Å². The van der Waals surface area contributed by atoms with Gasteiger partial charge in [0, 0.05) is 19.5 Å². The Morgan fingerprint density at radius 2 is 2.00 bits per heavy atom. The van der Waals surface area contributed by atoms with Gasteiger partial charge in [-0.1, -0.05) is 0 Å². The van der Waals surface area contributed by atoms with Crippen LogP contribution in [0.1, 0.15) is 17.5 Å². The van der Waals surface area contributed by atoms with Crippen LogP contribution in [0.4, 0.5) is 22.0 Å². The maximum Gasteiger partial charge on any atom is 0.416 e. The fourth-order valence-corrected chi connectivity index (χ4v) is 3.58. The largest absolute Gasteiger partial charge is 0.492 e. The normalized spacial score (nSPS) is 26.1. The van der Waals surface area contributed by atoms with Crippen molar-refractivity contribution < 1.29 is 31.4 Å². The number of alkyl halides is 5. The molecule has 0 aliphatic carbocycles. The van der Waals surface area contributed by atoms with E-state index in [1.165, 1.54) is 6.07 Å². The van der Waals surface area contributed by atoms with E-state index in [-0.39, 0.29) is 12.5 Å². The molecule has 1 aromatic carbocycles. The maximum atomic E-state index is 12.9. The van der Waals surface area contributed by atoms with Crippen molar-refractivity contribution in [2.24, 2.45) is 0 Å². The molecule has 3 aliphatic rings. The van der Waals surface area contributed by atoms with Crippen LogP contribution in [0.25, 0.3) is 0 Å². The van der Waals surface area contributed by atoms with Crippen molar-refractivity contribution in [1.82, 2.24) is 10.0 Å². The fraction of sp³-hybridized carbons (Fsp3) is 0.529. The van der Waals surface area contributed by atoms with Crippen LogP contribution < -0.4 is 4.74 Å². The Hall–Kier alpha value is -2.03. The Labute approximate surface area is 146 Å². The zero-order valence-corrected chi connectivity index (χ0v) is 13.7. The molecule has 0 radical (unpaired) electrons.